The van der Waals surface area contributed by atoms with Crippen LogP contribution in [0, 0.1) is 0 Å². The molecular formula is C21H27N3O4S. The number of amides is 2. The largest absolute Gasteiger partial charge is 0.366 e. The Labute approximate surface area is 172 Å². The fourth-order valence-electron chi connectivity index (χ4n) is 2.95. The number of rotatable bonds is 9. The third kappa shape index (κ3) is 5.42. The molecule has 0 bridgehead atoms. The van der Waals surface area contributed by atoms with Crippen molar-refractivity contribution in [2.24, 2.45) is 5.73 Å². The molecule has 0 unspecified atom stereocenters. The van der Waals surface area contributed by atoms with Crippen LogP contribution >= 0.6 is 0 Å². The number of hydrogen-bond acceptors (Lipinski definition) is 4. The van der Waals surface area contributed by atoms with E-state index in [1.807, 2.05) is 0 Å². The number of carbonyl (C=O) groups is 2. The molecular weight excluding hydrogens is 390 g/mol. The molecule has 2 amide bonds. The monoisotopic (exact) mass is 417 g/mol. The van der Waals surface area contributed by atoms with Gasteiger partial charge in [-0.25, -0.2) is 8.42 Å². The number of aryl methyl sites for hydroxylation is 1. The molecule has 0 aliphatic heterocycles. The first-order valence-electron chi connectivity index (χ1n) is 9.46. The van der Waals surface area contributed by atoms with Gasteiger partial charge in [0.25, 0.3) is 0 Å². The van der Waals surface area contributed by atoms with Crippen LogP contribution < -0.4 is 10.6 Å². The molecule has 156 valence electrons. The minimum atomic E-state index is -3.48. The highest BCUT2D eigenvalue weighted by atomic mass is 32.2. The molecule has 2 aromatic carbocycles. The molecule has 0 aliphatic carbocycles. The summed E-state index contributed by atoms with van der Waals surface area (Å²) in [5, 5.41) is 0. The van der Waals surface area contributed by atoms with Crippen LogP contribution in [0.5, 0.6) is 0 Å². The fourth-order valence-corrected chi connectivity index (χ4v) is 4.41. The van der Waals surface area contributed by atoms with E-state index in [1.165, 1.54) is 9.21 Å². The Morgan fingerprint density at radius 3 is 1.97 bits per heavy atom. The molecule has 7 nitrogen and oxygen atoms in total. The van der Waals surface area contributed by atoms with Crippen molar-refractivity contribution in [3.63, 3.8) is 0 Å². The van der Waals surface area contributed by atoms with Gasteiger partial charge < -0.3 is 10.6 Å². The van der Waals surface area contributed by atoms with Crippen LogP contribution in [0.25, 0.3) is 0 Å². The summed E-state index contributed by atoms with van der Waals surface area (Å²) in [4.78, 5) is 25.4. The van der Waals surface area contributed by atoms with Gasteiger partial charge in [-0.2, -0.15) is 4.31 Å². The quantitative estimate of drug-likeness (QED) is 0.677. The van der Waals surface area contributed by atoms with E-state index < -0.39 is 15.9 Å². The van der Waals surface area contributed by atoms with Gasteiger partial charge in [0.05, 0.1) is 4.90 Å². The third-order valence-electron chi connectivity index (χ3n) is 4.81. The lowest BCUT2D eigenvalue weighted by atomic mass is 10.1. The molecule has 8 heteroatoms. The van der Waals surface area contributed by atoms with Crippen molar-refractivity contribution in [3.05, 3.63) is 59.7 Å². The Bertz CT molecular complexity index is 950. The average Bonchev–Trinajstić information content (AvgIpc) is 2.72. The maximum atomic E-state index is 12.5. The number of hydrogen-bond donors (Lipinski definition) is 1. The normalized spacial score (nSPS) is 11.4. The molecule has 2 rings (SSSR count). The highest BCUT2D eigenvalue weighted by Crippen LogP contribution is 2.18. The number of nitrogens with two attached hydrogens (primary N) is 1. The Balaban J connectivity index is 2.00. The van der Waals surface area contributed by atoms with E-state index in [2.05, 4.69) is 0 Å². The van der Waals surface area contributed by atoms with Gasteiger partial charge in [-0.1, -0.05) is 26.0 Å². The summed E-state index contributed by atoms with van der Waals surface area (Å²) in [7, 11) is -1.82. The van der Waals surface area contributed by atoms with E-state index >= 15 is 0 Å². The standard InChI is InChI=1S/C21H27N3O4S/c1-4-24(5-2)29(27,28)19-13-6-16(7-14-19)8-15-20(25)23(3)18-11-9-17(10-12-18)21(22)26/h6-7,9-14H,4-5,8,15H2,1-3H3,(H2,22,26). The second kappa shape index (κ2) is 9.67. The van der Waals surface area contributed by atoms with Gasteiger partial charge in [0.15, 0.2) is 0 Å². The lowest BCUT2D eigenvalue weighted by Crippen LogP contribution is -2.30. The predicted octanol–water partition coefficient (Wildman–Crippen LogP) is 2.41. The first-order valence-corrected chi connectivity index (χ1v) is 10.9. The van der Waals surface area contributed by atoms with E-state index in [1.54, 1.807) is 69.4 Å². The molecule has 0 atom stereocenters. The zero-order valence-corrected chi connectivity index (χ0v) is 17.8. The van der Waals surface area contributed by atoms with Crippen LogP contribution in [0.15, 0.2) is 53.4 Å². The maximum Gasteiger partial charge on any atom is 0.248 e. The summed E-state index contributed by atoms with van der Waals surface area (Å²) in [6.07, 6.45) is 0.768. The zero-order chi connectivity index (χ0) is 21.6. The van der Waals surface area contributed by atoms with Crippen molar-refractivity contribution in [2.45, 2.75) is 31.6 Å². The van der Waals surface area contributed by atoms with Crippen molar-refractivity contribution in [1.82, 2.24) is 4.31 Å². The van der Waals surface area contributed by atoms with E-state index in [0.717, 1.165) is 5.56 Å². The number of benzene rings is 2. The van der Waals surface area contributed by atoms with Crippen LogP contribution in [-0.4, -0.2) is 44.7 Å². The van der Waals surface area contributed by atoms with Crippen molar-refractivity contribution >= 4 is 27.5 Å². The SMILES string of the molecule is CCN(CC)S(=O)(=O)c1ccc(CCC(=O)N(C)c2ccc(C(N)=O)cc2)cc1. The summed E-state index contributed by atoms with van der Waals surface area (Å²) in [6.45, 7) is 4.45. The summed E-state index contributed by atoms with van der Waals surface area (Å²) in [6, 6.07) is 13.2. The van der Waals surface area contributed by atoms with Crippen molar-refractivity contribution in [2.75, 3.05) is 25.0 Å². The molecule has 29 heavy (non-hydrogen) atoms. The van der Waals surface area contributed by atoms with Crippen molar-refractivity contribution in [1.29, 1.82) is 0 Å². The smallest absolute Gasteiger partial charge is 0.248 e. The molecule has 0 spiro atoms. The lowest BCUT2D eigenvalue weighted by molar-refractivity contribution is -0.118. The van der Waals surface area contributed by atoms with Gasteiger partial charge in [0, 0.05) is 37.8 Å². The molecule has 0 aliphatic rings. The number of anilines is 1. The molecule has 2 aromatic rings. The Kier molecular flexibility index (Phi) is 7.53. The van der Waals surface area contributed by atoms with E-state index in [9.17, 15) is 18.0 Å². The number of nitrogens with zero attached hydrogens (tertiary/aromatic N) is 2. The van der Waals surface area contributed by atoms with Gasteiger partial charge in [-0.3, -0.25) is 9.59 Å². The van der Waals surface area contributed by atoms with E-state index in [4.69, 9.17) is 5.73 Å². The van der Waals surface area contributed by atoms with E-state index in [0.29, 0.717) is 30.8 Å². The van der Waals surface area contributed by atoms with Crippen molar-refractivity contribution in [3.8, 4) is 0 Å². The molecule has 2 N–H and O–H groups in total. The number of carbonyl (C=O) groups excluding carboxylic acids is 2. The van der Waals surface area contributed by atoms with Crippen LogP contribution in [-0.2, 0) is 21.2 Å². The zero-order valence-electron chi connectivity index (χ0n) is 17.0. The van der Waals surface area contributed by atoms with Crippen LogP contribution in [0.2, 0.25) is 0 Å². The summed E-state index contributed by atoms with van der Waals surface area (Å²) >= 11 is 0. The molecule has 0 saturated carbocycles. The van der Waals surface area contributed by atoms with Crippen LogP contribution in [0.1, 0.15) is 36.2 Å². The minimum Gasteiger partial charge on any atom is -0.366 e. The topological polar surface area (TPSA) is 101 Å². The molecule has 0 aromatic heterocycles. The minimum absolute atomic E-state index is 0.0864. The molecule has 0 radical (unpaired) electrons. The first-order chi connectivity index (χ1) is 13.7. The molecule has 0 heterocycles. The fraction of sp³-hybridized carbons (Fsp3) is 0.333. The number of primary amides is 1. The second-order valence-electron chi connectivity index (χ2n) is 6.60. The molecule has 0 saturated heterocycles. The van der Waals surface area contributed by atoms with Gasteiger partial charge in [0.2, 0.25) is 21.8 Å². The second-order valence-corrected chi connectivity index (χ2v) is 8.54. The van der Waals surface area contributed by atoms with Crippen molar-refractivity contribution < 1.29 is 18.0 Å². The number of sulfonamides is 1. The Morgan fingerprint density at radius 2 is 1.48 bits per heavy atom. The third-order valence-corrected chi connectivity index (χ3v) is 6.87. The van der Waals surface area contributed by atoms with Gasteiger partial charge in [-0.15, -0.1) is 0 Å². The Hall–Kier alpha value is -2.71. The lowest BCUT2D eigenvalue weighted by Gasteiger charge is -2.19. The van der Waals surface area contributed by atoms with E-state index in [-0.39, 0.29) is 17.2 Å². The Morgan fingerprint density at radius 1 is 0.931 bits per heavy atom. The van der Waals surface area contributed by atoms with Gasteiger partial charge >= 0.3 is 0 Å². The highest BCUT2D eigenvalue weighted by Gasteiger charge is 2.21. The summed E-state index contributed by atoms with van der Waals surface area (Å²) in [5.41, 5.74) is 7.16. The van der Waals surface area contributed by atoms with Gasteiger partial charge in [0.1, 0.15) is 0 Å². The highest BCUT2D eigenvalue weighted by molar-refractivity contribution is 7.89. The van der Waals surface area contributed by atoms with Crippen LogP contribution in [0.3, 0.4) is 0 Å². The predicted molar refractivity (Wildman–Crippen MR) is 113 cm³/mol. The van der Waals surface area contributed by atoms with Crippen LogP contribution in [0.4, 0.5) is 5.69 Å². The first kappa shape index (κ1) is 22.6. The maximum absolute atomic E-state index is 12.5. The summed E-state index contributed by atoms with van der Waals surface area (Å²) in [5.74, 6) is -0.603. The average molecular weight is 418 g/mol. The molecule has 0 fully saturated rings. The van der Waals surface area contributed by atoms with Gasteiger partial charge in [-0.05, 0) is 48.4 Å². The summed E-state index contributed by atoms with van der Waals surface area (Å²) < 4.78 is 26.4.